The number of piperazine rings is 2. The van der Waals surface area contributed by atoms with Gasteiger partial charge in [-0.1, -0.05) is 23.5 Å². The first-order chi connectivity index (χ1) is 18.8. The second-order valence-corrected chi connectivity index (χ2v) is 13.2. The van der Waals surface area contributed by atoms with Crippen LogP contribution in [0, 0.1) is 5.82 Å². The molecule has 0 bridgehead atoms. The molecule has 3 saturated heterocycles. The highest BCUT2D eigenvalue weighted by molar-refractivity contribution is 7.91. The molecule has 6 rings (SSSR count). The Labute approximate surface area is 230 Å². The zero-order valence-corrected chi connectivity index (χ0v) is 23.2. The van der Waals surface area contributed by atoms with Gasteiger partial charge in [-0.15, -0.1) is 0 Å². The highest BCUT2D eigenvalue weighted by Crippen LogP contribution is 2.31. The Bertz CT molecular complexity index is 1440. The number of sulfonamides is 1. The minimum atomic E-state index is -3.65. The van der Waals surface area contributed by atoms with E-state index >= 15 is 0 Å². The van der Waals surface area contributed by atoms with Crippen molar-refractivity contribution in [2.45, 2.75) is 29.8 Å². The lowest BCUT2D eigenvalue weighted by Gasteiger charge is -2.35. The number of halogens is 1. The van der Waals surface area contributed by atoms with Gasteiger partial charge in [0.25, 0.3) is 10.0 Å². The van der Waals surface area contributed by atoms with E-state index in [0.29, 0.717) is 64.1 Å². The second kappa shape index (κ2) is 10.5. The van der Waals surface area contributed by atoms with Crippen LogP contribution in [0.15, 0.2) is 47.2 Å². The number of aromatic nitrogens is 3. The maximum Gasteiger partial charge on any atom is 0.410 e. The summed E-state index contributed by atoms with van der Waals surface area (Å²) in [5.41, 5.74) is 2.01. The van der Waals surface area contributed by atoms with Crippen molar-refractivity contribution in [2.75, 3.05) is 57.3 Å². The van der Waals surface area contributed by atoms with E-state index in [9.17, 15) is 17.6 Å². The Morgan fingerprint density at radius 3 is 2.64 bits per heavy atom. The molecule has 0 saturated carbocycles. The summed E-state index contributed by atoms with van der Waals surface area (Å²) in [5, 5.41) is 0.648. The van der Waals surface area contributed by atoms with Gasteiger partial charge in [-0.3, -0.25) is 9.80 Å². The number of rotatable bonds is 7. The molecular formula is C25H30FN7O4S2. The fourth-order valence-electron chi connectivity index (χ4n) is 5.37. The topological polar surface area (TPSA) is 104 Å². The minimum Gasteiger partial charge on any atom is -0.447 e. The van der Waals surface area contributed by atoms with Crippen molar-refractivity contribution in [1.29, 1.82) is 0 Å². The predicted octanol–water partition coefficient (Wildman–Crippen LogP) is 2.24. The summed E-state index contributed by atoms with van der Waals surface area (Å²) in [6.45, 7) is 6.71. The van der Waals surface area contributed by atoms with Crippen molar-refractivity contribution in [2.24, 2.45) is 0 Å². The lowest BCUT2D eigenvalue weighted by Crippen LogP contribution is -2.52. The summed E-state index contributed by atoms with van der Waals surface area (Å²) < 4.78 is 49.1. The van der Waals surface area contributed by atoms with E-state index < -0.39 is 10.0 Å². The average Bonchev–Trinajstić information content (AvgIpc) is 3.70. The SMILES string of the molecule is C[C@H](c1ccc(F)cc1)n1cncc1CN1CCN(S(=O)(=O)c2cnc(N3CCN4C(=O)OC[C@H]4C3)s2)CC1. The van der Waals surface area contributed by atoms with Crippen molar-refractivity contribution in [3.63, 3.8) is 0 Å². The van der Waals surface area contributed by atoms with Gasteiger partial charge in [0, 0.05) is 58.6 Å². The van der Waals surface area contributed by atoms with Crippen LogP contribution in [-0.4, -0.2) is 102 Å². The van der Waals surface area contributed by atoms with Crippen molar-refractivity contribution in [3.8, 4) is 0 Å². The van der Waals surface area contributed by atoms with E-state index in [1.807, 2.05) is 18.0 Å². The lowest BCUT2D eigenvalue weighted by molar-refractivity contribution is 0.157. The van der Waals surface area contributed by atoms with E-state index in [1.54, 1.807) is 23.4 Å². The Morgan fingerprint density at radius 1 is 1.10 bits per heavy atom. The molecule has 3 aliphatic heterocycles. The zero-order valence-electron chi connectivity index (χ0n) is 21.5. The van der Waals surface area contributed by atoms with Crippen LogP contribution in [0.5, 0.6) is 0 Å². The molecule has 0 radical (unpaired) electrons. The molecule has 14 heteroatoms. The molecule has 39 heavy (non-hydrogen) atoms. The van der Waals surface area contributed by atoms with E-state index in [4.69, 9.17) is 4.74 Å². The fourth-order valence-corrected chi connectivity index (χ4v) is 8.10. The summed E-state index contributed by atoms with van der Waals surface area (Å²) in [6, 6.07) is 6.44. The van der Waals surface area contributed by atoms with Crippen molar-refractivity contribution in [3.05, 3.63) is 60.1 Å². The normalized spacial score (nSPS) is 21.7. The monoisotopic (exact) mass is 575 g/mol. The van der Waals surface area contributed by atoms with Gasteiger partial charge in [-0.2, -0.15) is 4.31 Å². The number of nitrogens with zero attached hydrogens (tertiary/aromatic N) is 7. The van der Waals surface area contributed by atoms with Crippen LogP contribution < -0.4 is 4.90 Å². The number of cyclic esters (lactones) is 1. The molecule has 3 aromatic rings. The highest BCUT2D eigenvalue weighted by Gasteiger charge is 2.39. The largest absolute Gasteiger partial charge is 0.447 e. The summed E-state index contributed by atoms with van der Waals surface area (Å²) >= 11 is 1.18. The van der Waals surface area contributed by atoms with Gasteiger partial charge in [0.15, 0.2) is 9.34 Å². The average molecular weight is 576 g/mol. The summed E-state index contributed by atoms with van der Waals surface area (Å²) in [4.78, 5) is 26.5. The third kappa shape index (κ3) is 5.13. The highest BCUT2D eigenvalue weighted by atomic mass is 32.2. The Morgan fingerprint density at radius 2 is 1.87 bits per heavy atom. The molecule has 0 spiro atoms. The molecular weight excluding hydrogens is 545 g/mol. The minimum absolute atomic E-state index is 0.00467. The number of thiazole rings is 1. The molecule has 1 aromatic carbocycles. The van der Waals surface area contributed by atoms with Crippen LogP contribution in [0.2, 0.25) is 0 Å². The van der Waals surface area contributed by atoms with Crippen LogP contribution in [-0.2, 0) is 21.3 Å². The van der Waals surface area contributed by atoms with Gasteiger partial charge in [-0.05, 0) is 24.6 Å². The first-order valence-corrected chi connectivity index (χ1v) is 15.2. The molecule has 2 aromatic heterocycles. The quantitative estimate of drug-likeness (QED) is 0.423. The first-order valence-electron chi connectivity index (χ1n) is 12.9. The third-order valence-electron chi connectivity index (χ3n) is 7.69. The van der Waals surface area contributed by atoms with E-state index in [2.05, 4.69) is 19.4 Å². The number of imidazole rings is 1. The lowest BCUT2D eigenvalue weighted by atomic mass is 10.1. The molecule has 5 heterocycles. The second-order valence-electron chi connectivity index (χ2n) is 10.0. The molecule has 0 aliphatic carbocycles. The number of hydrogen-bond donors (Lipinski definition) is 0. The molecule has 0 unspecified atom stereocenters. The number of hydrogen-bond acceptors (Lipinski definition) is 9. The van der Waals surface area contributed by atoms with Gasteiger partial charge in [0.2, 0.25) is 0 Å². The standard InChI is InChI=1S/C25H30FN7O4S2/c1-18(19-2-4-20(26)5-3-19)33-17-27-12-21(33)14-29-6-9-31(10-7-29)39(35,36)23-13-28-24(38-23)30-8-11-32-22(15-30)16-37-25(32)34/h2-5,12-13,17-18,22H,6-11,14-16H2,1H3/t18-,22-/m1/s1. The molecule has 11 nitrogen and oxygen atoms in total. The van der Waals surface area contributed by atoms with Gasteiger partial charge in [0.05, 0.1) is 30.3 Å². The summed E-state index contributed by atoms with van der Waals surface area (Å²) in [6.07, 6.45) is 4.77. The molecule has 1 amide bonds. The zero-order chi connectivity index (χ0) is 27.1. The summed E-state index contributed by atoms with van der Waals surface area (Å²) in [5.74, 6) is -0.265. The number of carbonyl (C=O) groups is 1. The van der Waals surface area contributed by atoms with Gasteiger partial charge in [-0.25, -0.2) is 27.6 Å². The van der Waals surface area contributed by atoms with Crippen molar-refractivity contribution >= 4 is 32.6 Å². The van der Waals surface area contributed by atoms with Crippen LogP contribution >= 0.6 is 11.3 Å². The number of carbonyl (C=O) groups excluding carboxylic acids is 1. The Kier molecular flexibility index (Phi) is 7.04. The first kappa shape index (κ1) is 26.2. The Hall–Kier alpha value is -3.07. The van der Waals surface area contributed by atoms with Crippen molar-refractivity contribution in [1.82, 2.24) is 28.6 Å². The van der Waals surface area contributed by atoms with E-state index in [0.717, 1.165) is 11.3 Å². The van der Waals surface area contributed by atoms with Gasteiger partial charge < -0.3 is 14.2 Å². The van der Waals surface area contributed by atoms with Gasteiger partial charge in [0.1, 0.15) is 12.4 Å². The number of amides is 1. The summed E-state index contributed by atoms with van der Waals surface area (Å²) in [7, 11) is -3.65. The van der Waals surface area contributed by atoms with E-state index in [-0.39, 0.29) is 28.2 Å². The van der Waals surface area contributed by atoms with Crippen molar-refractivity contribution < 1.29 is 22.3 Å². The van der Waals surface area contributed by atoms with Crippen LogP contribution in [0.25, 0.3) is 0 Å². The van der Waals surface area contributed by atoms with Gasteiger partial charge >= 0.3 is 6.09 Å². The molecule has 0 N–H and O–H groups in total. The molecule has 2 atom stereocenters. The fraction of sp³-hybridized carbons (Fsp3) is 0.480. The predicted molar refractivity (Wildman–Crippen MR) is 143 cm³/mol. The van der Waals surface area contributed by atoms with E-state index in [1.165, 1.54) is 34.0 Å². The maximum atomic E-state index is 13.4. The maximum absolute atomic E-state index is 13.4. The number of ether oxygens (including phenoxy) is 1. The number of fused-ring (bicyclic) bond motifs is 1. The smallest absolute Gasteiger partial charge is 0.410 e. The number of anilines is 1. The number of benzene rings is 1. The molecule has 3 aliphatic rings. The van der Waals surface area contributed by atoms with Crippen LogP contribution in [0.4, 0.5) is 14.3 Å². The molecule has 208 valence electrons. The Balaban J connectivity index is 1.06. The van der Waals surface area contributed by atoms with Crippen LogP contribution in [0.1, 0.15) is 24.2 Å². The molecule has 3 fully saturated rings. The third-order valence-corrected chi connectivity index (χ3v) is 11.1. The van der Waals surface area contributed by atoms with Crippen LogP contribution in [0.3, 0.4) is 0 Å².